The number of aliphatic hydroxyl groups is 1. The molecule has 0 aromatic heterocycles. The molecule has 0 aliphatic carbocycles. The molecule has 1 aromatic rings. The first-order chi connectivity index (χ1) is 11.1. The third kappa shape index (κ3) is 3.38. The molecule has 132 valence electrons. The highest BCUT2D eigenvalue weighted by Gasteiger charge is 2.63. The van der Waals surface area contributed by atoms with Crippen LogP contribution in [-0.4, -0.2) is 38.7 Å². The smallest absolute Gasteiger partial charge is 0.438 e. The van der Waals surface area contributed by atoms with Crippen LogP contribution in [0.3, 0.4) is 0 Å². The molecule has 8 heteroatoms. The summed E-state index contributed by atoms with van der Waals surface area (Å²) >= 11 is 0. The van der Waals surface area contributed by atoms with Gasteiger partial charge in [0.2, 0.25) is 5.91 Å². The zero-order chi connectivity index (χ0) is 18.1. The SMILES string of the molecule is CC(C)C1=NN(C(=O)CCc2ccccc2O)[C@](O)(C(F)(F)F)C1. The topological polar surface area (TPSA) is 73.1 Å². The molecule has 1 heterocycles. The maximum Gasteiger partial charge on any atom is 0.438 e. The Labute approximate surface area is 137 Å². The normalized spacial score (nSPS) is 21.3. The fourth-order valence-corrected chi connectivity index (χ4v) is 2.45. The summed E-state index contributed by atoms with van der Waals surface area (Å²) in [6.07, 6.45) is -6.04. The van der Waals surface area contributed by atoms with Crippen molar-refractivity contribution in [1.29, 1.82) is 0 Å². The van der Waals surface area contributed by atoms with Gasteiger partial charge in [-0.3, -0.25) is 4.79 Å². The fourth-order valence-electron chi connectivity index (χ4n) is 2.45. The minimum Gasteiger partial charge on any atom is -0.508 e. The average molecular weight is 344 g/mol. The number of alkyl halides is 3. The minimum absolute atomic E-state index is 0.0378. The van der Waals surface area contributed by atoms with Gasteiger partial charge in [-0.1, -0.05) is 32.0 Å². The van der Waals surface area contributed by atoms with E-state index in [0.29, 0.717) is 5.56 Å². The summed E-state index contributed by atoms with van der Waals surface area (Å²) in [5.41, 5.74) is -2.76. The summed E-state index contributed by atoms with van der Waals surface area (Å²) in [4.78, 5) is 12.2. The van der Waals surface area contributed by atoms with Crippen molar-refractivity contribution >= 4 is 11.6 Å². The average Bonchev–Trinajstić information content (AvgIpc) is 2.85. The number of nitrogens with zero attached hydrogens (tertiary/aromatic N) is 2. The van der Waals surface area contributed by atoms with E-state index in [-0.39, 0.29) is 35.2 Å². The number of aryl methyl sites for hydroxylation is 1. The summed E-state index contributed by atoms with van der Waals surface area (Å²) < 4.78 is 39.8. The number of carbonyl (C=O) groups is 1. The van der Waals surface area contributed by atoms with Crippen LogP contribution in [0.2, 0.25) is 0 Å². The first kappa shape index (κ1) is 18.3. The Morgan fingerprint density at radius 1 is 1.38 bits per heavy atom. The van der Waals surface area contributed by atoms with Crippen LogP contribution in [-0.2, 0) is 11.2 Å². The van der Waals surface area contributed by atoms with Crippen molar-refractivity contribution in [3.8, 4) is 5.75 Å². The highest BCUT2D eigenvalue weighted by Crippen LogP contribution is 2.41. The quantitative estimate of drug-likeness (QED) is 0.882. The second kappa shape index (κ2) is 6.43. The Morgan fingerprint density at radius 3 is 2.54 bits per heavy atom. The van der Waals surface area contributed by atoms with Crippen molar-refractivity contribution in [1.82, 2.24) is 5.01 Å². The number of carbonyl (C=O) groups excluding carboxylic acids is 1. The van der Waals surface area contributed by atoms with Gasteiger partial charge in [0.05, 0.1) is 0 Å². The van der Waals surface area contributed by atoms with Gasteiger partial charge in [-0.25, -0.2) is 0 Å². The lowest BCUT2D eigenvalue weighted by atomic mass is 9.98. The van der Waals surface area contributed by atoms with Gasteiger partial charge in [0.25, 0.3) is 5.72 Å². The van der Waals surface area contributed by atoms with E-state index in [4.69, 9.17) is 0 Å². The fraction of sp³-hybridized carbons (Fsp3) is 0.500. The number of hydrazone groups is 1. The first-order valence-electron chi connectivity index (χ1n) is 7.52. The van der Waals surface area contributed by atoms with E-state index in [1.54, 1.807) is 32.0 Å². The van der Waals surface area contributed by atoms with Crippen molar-refractivity contribution < 1.29 is 28.2 Å². The van der Waals surface area contributed by atoms with Crippen LogP contribution in [0, 0.1) is 5.92 Å². The predicted molar refractivity (Wildman–Crippen MR) is 81.2 cm³/mol. The van der Waals surface area contributed by atoms with Crippen molar-refractivity contribution in [2.75, 3.05) is 0 Å². The van der Waals surface area contributed by atoms with Crippen LogP contribution in [0.15, 0.2) is 29.4 Å². The number of halogens is 3. The zero-order valence-corrected chi connectivity index (χ0v) is 13.3. The van der Waals surface area contributed by atoms with Crippen molar-refractivity contribution in [3.05, 3.63) is 29.8 Å². The molecule has 1 amide bonds. The van der Waals surface area contributed by atoms with Crippen LogP contribution >= 0.6 is 0 Å². The monoisotopic (exact) mass is 344 g/mol. The van der Waals surface area contributed by atoms with Gasteiger partial charge in [-0.05, 0) is 24.0 Å². The van der Waals surface area contributed by atoms with Crippen molar-refractivity contribution in [3.63, 3.8) is 0 Å². The third-order valence-corrected chi connectivity index (χ3v) is 3.96. The maximum absolute atomic E-state index is 13.3. The molecule has 1 aliphatic rings. The second-order valence-corrected chi connectivity index (χ2v) is 6.07. The lowest BCUT2D eigenvalue weighted by Crippen LogP contribution is -2.56. The standard InChI is InChI=1S/C16H19F3N2O3/c1-10(2)12-9-15(24,16(17,18)19)21(20-12)14(23)8-7-11-5-3-4-6-13(11)22/h3-6,10,22,24H,7-9H2,1-2H3/t15-/m1/s1. The Bertz CT molecular complexity index is 658. The predicted octanol–water partition coefficient (Wildman–Crippen LogP) is 2.82. The highest BCUT2D eigenvalue weighted by atomic mass is 19.4. The van der Waals surface area contributed by atoms with Crippen molar-refractivity contribution in [2.45, 2.75) is 45.0 Å². The van der Waals surface area contributed by atoms with E-state index in [2.05, 4.69) is 5.10 Å². The molecule has 0 fully saturated rings. The minimum atomic E-state index is -5.02. The summed E-state index contributed by atoms with van der Waals surface area (Å²) in [5, 5.41) is 23.5. The number of para-hydroxylation sites is 1. The third-order valence-electron chi connectivity index (χ3n) is 3.96. The molecule has 0 saturated heterocycles. The number of benzene rings is 1. The largest absolute Gasteiger partial charge is 0.508 e. The number of amides is 1. The molecule has 2 N–H and O–H groups in total. The molecule has 1 atom stereocenters. The van der Waals surface area contributed by atoms with Gasteiger partial charge in [0.1, 0.15) is 5.75 Å². The molecular weight excluding hydrogens is 325 g/mol. The van der Waals surface area contributed by atoms with Crippen LogP contribution in [0.5, 0.6) is 5.75 Å². The van der Waals surface area contributed by atoms with E-state index in [0.717, 1.165) is 0 Å². The van der Waals surface area contributed by atoms with E-state index in [9.17, 15) is 28.2 Å². The molecule has 0 unspecified atom stereocenters. The Hall–Kier alpha value is -2.09. The van der Waals surface area contributed by atoms with Gasteiger partial charge < -0.3 is 10.2 Å². The highest BCUT2D eigenvalue weighted by molar-refractivity contribution is 5.92. The molecule has 2 rings (SSSR count). The van der Waals surface area contributed by atoms with Crippen LogP contribution in [0.4, 0.5) is 13.2 Å². The summed E-state index contributed by atoms with van der Waals surface area (Å²) in [5.74, 6) is -1.31. The van der Waals surface area contributed by atoms with Gasteiger partial charge in [0.15, 0.2) is 0 Å². The zero-order valence-electron chi connectivity index (χ0n) is 13.3. The molecule has 0 radical (unpaired) electrons. The van der Waals surface area contributed by atoms with E-state index in [1.807, 2.05) is 0 Å². The first-order valence-corrected chi connectivity index (χ1v) is 7.52. The van der Waals surface area contributed by atoms with Crippen molar-refractivity contribution in [2.24, 2.45) is 11.0 Å². The Balaban J connectivity index is 2.20. The number of aromatic hydroxyl groups is 1. The molecule has 0 spiro atoms. The van der Waals surface area contributed by atoms with Gasteiger partial charge in [-0.2, -0.15) is 23.3 Å². The second-order valence-electron chi connectivity index (χ2n) is 6.07. The summed E-state index contributed by atoms with van der Waals surface area (Å²) in [6, 6.07) is 6.25. The van der Waals surface area contributed by atoms with E-state index in [1.165, 1.54) is 6.07 Å². The lowest BCUT2D eigenvalue weighted by molar-refractivity contribution is -0.302. The number of rotatable bonds is 4. The number of phenolic OH excluding ortho intramolecular Hbond substituents is 1. The van der Waals surface area contributed by atoms with E-state index >= 15 is 0 Å². The molecule has 24 heavy (non-hydrogen) atoms. The van der Waals surface area contributed by atoms with E-state index < -0.39 is 24.2 Å². The number of phenols is 1. The summed E-state index contributed by atoms with van der Waals surface area (Å²) in [7, 11) is 0. The molecule has 0 bridgehead atoms. The number of hydrogen-bond donors (Lipinski definition) is 2. The van der Waals surface area contributed by atoms with Crippen LogP contribution in [0.25, 0.3) is 0 Å². The Kier molecular flexibility index (Phi) is 4.89. The lowest BCUT2D eigenvalue weighted by Gasteiger charge is -2.32. The molecule has 0 saturated carbocycles. The number of hydrogen-bond acceptors (Lipinski definition) is 4. The van der Waals surface area contributed by atoms with Gasteiger partial charge in [-0.15, -0.1) is 0 Å². The van der Waals surface area contributed by atoms with Crippen LogP contribution in [0.1, 0.15) is 32.3 Å². The molecule has 1 aromatic carbocycles. The summed E-state index contributed by atoms with van der Waals surface area (Å²) in [6.45, 7) is 3.29. The molecular formula is C16H19F3N2O3. The molecule has 1 aliphatic heterocycles. The molecule has 5 nitrogen and oxygen atoms in total. The van der Waals surface area contributed by atoms with Crippen LogP contribution < -0.4 is 0 Å². The van der Waals surface area contributed by atoms with Gasteiger partial charge in [0, 0.05) is 18.6 Å². The Morgan fingerprint density at radius 2 is 2.00 bits per heavy atom. The van der Waals surface area contributed by atoms with Gasteiger partial charge >= 0.3 is 6.18 Å². The maximum atomic E-state index is 13.3.